The summed E-state index contributed by atoms with van der Waals surface area (Å²) in [6.45, 7) is 2.08. The average molecular weight is 433 g/mol. The van der Waals surface area contributed by atoms with Crippen LogP contribution in [0.5, 0.6) is 5.75 Å². The van der Waals surface area contributed by atoms with Gasteiger partial charge >= 0.3 is 0 Å². The Morgan fingerprint density at radius 2 is 2.12 bits per heavy atom. The third kappa shape index (κ3) is 4.40. The topological polar surface area (TPSA) is 122 Å². The molecular formula is C23H23N5O4. The maximum absolute atomic E-state index is 13.0. The van der Waals surface area contributed by atoms with E-state index in [1.807, 2.05) is 6.07 Å². The molecule has 3 heterocycles. The summed E-state index contributed by atoms with van der Waals surface area (Å²) in [6.07, 6.45) is 4.89. The van der Waals surface area contributed by atoms with Gasteiger partial charge in [0.2, 0.25) is 0 Å². The first-order valence-electron chi connectivity index (χ1n) is 10.3. The predicted octanol–water partition coefficient (Wildman–Crippen LogP) is 2.26. The van der Waals surface area contributed by atoms with E-state index >= 15 is 0 Å². The van der Waals surface area contributed by atoms with Gasteiger partial charge in [-0.05, 0) is 49.1 Å². The number of amides is 1. The number of nitrogens with one attached hydrogen (secondary N) is 2. The van der Waals surface area contributed by atoms with Gasteiger partial charge in [-0.25, -0.2) is 9.67 Å². The maximum Gasteiger partial charge on any atom is 0.280 e. The standard InChI is InChI=1S/C23H23N5O4/c1-31-20-10-16(11-24)2-4-18(20)19-14-27-28(23(19)30)21-5-3-17(13-25-21)22(29)26-12-15-6-8-32-9-7-15/h2-5,10,13-15,27H,6-9,12H2,1H3,(H,26,29). The number of aromatic nitrogens is 3. The molecular weight excluding hydrogens is 410 g/mol. The van der Waals surface area contributed by atoms with Gasteiger partial charge in [-0.1, -0.05) is 0 Å². The Hall–Kier alpha value is -3.90. The second-order valence-electron chi connectivity index (χ2n) is 7.53. The Balaban J connectivity index is 1.51. The SMILES string of the molecule is COc1cc(C#N)ccc1-c1c[nH]n(-c2ccc(C(=O)NCC3CCOCC3)cn2)c1=O. The van der Waals surface area contributed by atoms with Gasteiger partial charge in [0.25, 0.3) is 11.5 Å². The van der Waals surface area contributed by atoms with Crippen LogP contribution in [-0.4, -0.2) is 47.5 Å². The van der Waals surface area contributed by atoms with Crippen molar-refractivity contribution in [2.24, 2.45) is 5.92 Å². The van der Waals surface area contributed by atoms with E-state index in [0.29, 0.717) is 46.3 Å². The first-order chi connectivity index (χ1) is 15.6. The van der Waals surface area contributed by atoms with Gasteiger partial charge < -0.3 is 14.8 Å². The van der Waals surface area contributed by atoms with E-state index in [9.17, 15) is 9.59 Å². The van der Waals surface area contributed by atoms with E-state index in [-0.39, 0.29) is 11.5 Å². The molecule has 0 bridgehead atoms. The molecule has 1 fully saturated rings. The summed E-state index contributed by atoms with van der Waals surface area (Å²) in [4.78, 5) is 29.7. The molecule has 0 aliphatic carbocycles. The molecule has 1 aliphatic heterocycles. The minimum Gasteiger partial charge on any atom is -0.496 e. The molecule has 0 saturated carbocycles. The highest BCUT2D eigenvalue weighted by Gasteiger charge is 2.17. The molecule has 1 amide bonds. The van der Waals surface area contributed by atoms with Gasteiger partial charge in [-0.2, -0.15) is 5.26 Å². The lowest BCUT2D eigenvalue weighted by molar-refractivity contribution is 0.0642. The van der Waals surface area contributed by atoms with Crippen molar-refractivity contribution in [2.45, 2.75) is 12.8 Å². The van der Waals surface area contributed by atoms with Crippen LogP contribution in [0.4, 0.5) is 0 Å². The average Bonchev–Trinajstić information content (AvgIpc) is 3.23. The number of carbonyl (C=O) groups excluding carboxylic acids is 1. The Bertz CT molecular complexity index is 1200. The number of nitriles is 1. The molecule has 1 saturated heterocycles. The summed E-state index contributed by atoms with van der Waals surface area (Å²) in [6, 6.07) is 10.2. The lowest BCUT2D eigenvalue weighted by Crippen LogP contribution is -2.32. The van der Waals surface area contributed by atoms with Crippen molar-refractivity contribution >= 4 is 5.91 Å². The van der Waals surface area contributed by atoms with Crippen molar-refractivity contribution in [3.63, 3.8) is 0 Å². The van der Waals surface area contributed by atoms with Crippen molar-refractivity contribution in [3.05, 3.63) is 64.2 Å². The largest absolute Gasteiger partial charge is 0.496 e. The normalized spacial score (nSPS) is 14.0. The number of H-pyrrole nitrogens is 1. The van der Waals surface area contributed by atoms with E-state index in [1.165, 1.54) is 18.0 Å². The van der Waals surface area contributed by atoms with Gasteiger partial charge in [0.1, 0.15) is 5.75 Å². The number of hydrogen-bond donors (Lipinski definition) is 2. The molecule has 9 nitrogen and oxygen atoms in total. The van der Waals surface area contributed by atoms with Crippen LogP contribution >= 0.6 is 0 Å². The third-order valence-electron chi connectivity index (χ3n) is 5.52. The Labute approximate surface area is 184 Å². The number of ether oxygens (including phenoxy) is 2. The van der Waals surface area contributed by atoms with Crippen LogP contribution in [0.25, 0.3) is 16.9 Å². The molecule has 9 heteroatoms. The molecule has 2 N–H and O–H groups in total. The lowest BCUT2D eigenvalue weighted by Gasteiger charge is -2.22. The third-order valence-corrected chi connectivity index (χ3v) is 5.52. The smallest absolute Gasteiger partial charge is 0.280 e. The van der Waals surface area contributed by atoms with Crippen LogP contribution in [0.3, 0.4) is 0 Å². The van der Waals surface area contributed by atoms with E-state index in [2.05, 4.69) is 15.4 Å². The summed E-state index contributed by atoms with van der Waals surface area (Å²) in [5.74, 6) is 1.01. The number of benzene rings is 1. The van der Waals surface area contributed by atoms with Gasteiger partial charge in [-0.15, -0.1) is 0 Å². The van der Waals surface area contributed by atoms with Crippen LogP contribution in [0, 0.1) is 17.2 Å². The van der Waals surface area contributed by atoms with Crippen LogP contribution in [-0.2, 0) is 4.74 Å². The quantitative estimate of drug-likeness (QED) is 0.615. The second-order valence-corrected chi connectivity index (χ2v) is 7.53. The summed E-state index contributed by atoms with van der Waals surface area (Å²) in [5.41, 5.74) is 1.49. The molecule has 2 aromatic heterocycles. The molecule has 1 aromatic carbocycles. The minimum atomic E-state index is -0.322. The fraction of sp³-hybridized carbons (Fsp3) is 0.304. The number of rotatable bonds is 6. The van der Waals surface area contributed by atoms with E-state index < -0.39 is 0 Å². The summed E-state index contributed by atoms with van der Waals surface area (Å²) >= 11 is 0. The molecule has 0 atom stereocenters. The number of hydrogen-bond acceptors (Lipinski definition) is 6. The summed E-state index contributed by atoms with van der Waals surface area (Å²) in [5, 5.41) is 14.9. The van der Waals surface area contributed by atoms with Gasteiger partial charge in [0.05, 0.1) is 29.9 Å². The molecule has 3 aromatic rings. The van der Waals surface area contributed by atoms with Crippen LogP contribution < -0.4 is 15.6 Å². The molecule has 32 heavy (non-hydrogen) atoms. The Kier molecular flexibility index (Phi) is 6.33. The number of aromatic amines is 1. The highest BCUT2D eigenvalue weighted by Crippen LogP contribution is 2.28. The lowest BCUT2D eigenvalue weighted by atomic mass is 10.0. The van der Waals surface area contributed by atoms with Crippen molar-refractivity contribution < 1.29 is 14.3 Å². The fourth-order valence-electron chi connectivity index (χ4n) is 3.66. The van der Waals surface area contributed by atoms with Gasteiger partial charge in [-0.3, -0.25) is 14.7 Å². The summed E-state index contributed by atoms with van der Waals surface area (Å²) in [7, 11) is 1.48. The van der Waals surface area contributed by atoms with Crippen molar-refractivity contribution in [1.29, 1.82) is 5.26 Å². The zero-order valence-electron chi connectivity index (χ0n) is 17.6. The highest BCUT2D eigenvalue weighted by atomic mass is 16.5. The Morgan fingerprint density at radius 3 is 2.81 bits per heavy atom. The fourth-order valence-corrected chi connectivity index (χ4v) is 3.66. The molecule has 4 rings (SSSR count). The number of pyridine rings is 1. The Morgan fingerprint density at radius 1 is 1.31 bits per heavy atom. The van der Waals surface area contributed by atoms with E-state index in [1.54, 1.807) is 36.5 Å². The van der Waals surface area contributed by atoms with Crippen LogP contribution in [0.1, 0.15) is 28.8 Å². The zero-order chi connectivity index (χ0) is 22.5. The molecule has 0 unspecified atom stereocenters. The highest BCUT2D eigenvalue weighted by molar-refractivity contribution is 5.93. The van der Waals surface area contributed by atoms with E-state index in [0.717, 1.165) is 26.1 Å². The van der Waals surface area contributed by atoms with Gasteiger partial charge in [0, 0.05) is 37.7 Å². The zero-order valence-corrected chi connectivity index (χ0v) is 17.6. The number of nitrogens with zero attached hydrogens (tertiary/aromatic N) is 3. The molecule has 1 aliphatic rings. The van der Waals surface area contributed by atoms with Crippen LogP contribution in [0.2, 0.25) is 0 Å². The first-order valence-corrected chi connectivity index (χ1v) is 10.3. The van der Waals surface area contributed by atoms with E-state index in [4.69, 9.17) is 14.7 Å². The summed E-state index contributed by atoms with van der Waals surface area (Å²) < 4.78 is 12.0. The van der Waals surface area contributed by atoms with Crippen molar-refractivity contribution in [1.82, 2.24) is 20.1 Å². The minimum absolute atomic E-state index is 0.197. The molecule has 0 spiro atoms. The predicted molar refractivity (Wildman–Crippen MR) is 117 cm³/mol. The van der Waals surface area contributed by atoms with Crippen LogP contribution in [0.15, 0.2) is 47.5 Å². The van der Waals surface area contributed by atoms with Gasteiger partial charge in [0.15, 0.2) is 5.82 Å². The number of carbonyl (C=O) groups is 1. The molecule has 0 radical (unpaired) electrons. The first kappa shape index (κ1) is 21.3. The number of methoxy groups -OCH3 is 1. The van der Waals surface area contributed by atoms with Crippen molar-refractivity contribution in [3.8, 4) is 28.8 Å². The molecule has 164 valence electrons. The maximum atomic E-state index is 13.0. The van der Waals surface area contributed by atoms with Crippen molar-refractivity contribution in [2.75, 3.05) is 26.9 Å². The second kappa shape index (κ2) is 9.49. The monoisotopic (exact) mass is 433 g/mol.